The fraction of sp³-hybridized carbons (Fsp3) is 0.368. The van der Waals surface area contributed by atoms with E-state index in [0.29, 0.717) is 23.3 Å². The lowest BCUT2D eigenvalue weighted by Gasteiger charge is -2.24. The number of carbonyl (C=O) groups excluding carboxylic acids is 2. The van der Waals surface area contributed by atoms with Crippen LogP contribution >= 0.6 is 0 Å². The predicted octanol–water partition coefficient (Wildman–Crippen LogP) is 2.50. The molecule has 2 amide bonds. The summed E-state index contributed by atoms with van der Waals surface area (Å²) in [4.78, 5) is 26.9. The lowest BCUT2D eigenvalue weighted by molar-refractivity contribution is 0.0748. The summed E-state index contributed by atoms with van der Waals surface area (Å²) in [6.07, 6.45) is 4.79. The third-order valence-corrected chi connectivity index (χ3v) is 4.92. The third-order valence-electron chi connectivity index (χ3n) is 4.92. The number of amides is 2. The molecular weight excluding hydrogens is 318 g/mol. The molecule has 0 radical (unpaired) electrons. The van der Waals surface area contributed by atoms with Gasteiger partial charge in [-0.3, -0.25) is 9.59 Å². The molecule has 6 heteroatoms. The first-order chi connectivity index (χ1) is 12.2. The van der Waals surface area contributed by atoms with Gasteiger partial charge in [-0.2, -0.15) is 0 Å². The number of furan rings is 1. The number of fused-ring (bicyclic) bond motifs is 2. The van der Waals surface area contributed by atoms with Crippen molar-refractivity contribution in [1.29, 1.82) is 0 Å². The Morgan fingerprint density at radius 1 is 1.12 bits per heavy atom. The van der Waals surface area contributed by atoms with Crippen LogP contribution in [0.4, 0.5) is 5.69 Å². The molecule has 2 unspecified atom stereocenters. The predicted molar refractivity (Wildman–Crippen MR) is 93.6 cm³/mol. The van der Waals surface area contributed by atoms with Crippen molar-refractivity contribution in [3.8, 4) is 0 Å². The zero-order valence-corrected chi connectivity index (χ0v) is 13.9. The van der Waals surface area contributed by atoms with Gasteiger partial charge in [0.1, 0.15) is 0 Å². The van der Waals surface area contributed by atoms with Crippen LogP contribution in [0.1, 0.15) is 40.2 Å². The molecule has 2 N–H and O–H groups in total. The van der Waals surface area contributed by atoms with Crippen molar-refractivity contribution in [3.05, 3.63) is 54.0 Å². The summed E-state index contributed by atoms with van der Waals surface area (Å²) >= 11 is 0. The van der Waals surface area contributed by atoms with Crippen LogP contribution in [0.2, 0.25) is 0 Å². The molecule has 4 rings (SSSR count). The molecule has 25 heavy (non-hydrogen) atoms. The van der Waals surface area contributed by atoms with Gasteiger partial charge in [0.25, 0.3) is 11.8 Å². The van der Waals surface area contributed by atoms with E-state index < -0.39 is 0 Å². The van der Waals surface area contributed by atoms with Gasteiger partial charge in [0.2, 0.25) is 0 Å². The van der Waals surface area contributed by atoms with E-state index in [1.165, 1.54) is 12.7 Å². The second kappa shape index (κ2) is 6.72. The number of hydrogen-bond acceptors (Lipinski definition) is 4. The highest BCUT2D eigenvalue weighted by molar-refractivity contribution is 6.03. The van der Waals surface area contributed by atoms with Gasteiger partial charge >= 0.3 is 0 Å². The first-order valence-electron chi connectivity index (χ1n) is 8.69. The molecule has 0 aliphatic carbocycles. The maximum absolute atomic E-state index is 12.9. The highest BCUT2D eigenvalue weighted by atomic mass is 16.3. The molecule has 3 heterocycles. The molecule has 2 bridgehead atoms. The second-order valence-corrected chi connectivity index (χ2v) is 6.69. The van der Waals surface area contributed by atoms with Crippen LogP contribution in [0.25, 0.3) is 0 Å². The lowest BCUT2D eigenvalue weighted by atomic mass is 10.1. The Bertz CT molecular complexity index is 772. The van der Waals surface area contributed by atoms with Crippen LogP contribution in [0, 0.1) is 0 Å². The Balaban J connectivity index is 1.47. The van der Waals surface area contributed by atoms with Crippen molar-refractivity contribution in [2.24, 2.45) is 0 Å². The minimum absolute atomic E-state index is 0.0171. The maximum Gasteiger partial charge on any atom is 0.291 e. The normalized spacial score (nSPS) is 22.5. The van der Waals surface area contributed by atoms with E-state index in [1.54, 1.807) is 36.4 Å². The average molecular weight is 339 g/mol. The van der Waals surface area contributed by atoms with Crippen molar-refractivity contribution < 1.29 is 14.0 Å². The van der Waals surface area contributed by atoms with Crippen molar-refractivity contribution in [1.82, 2.24) is 10.2 Å². The van der Waals surface area contributed by atoms with Gasteiger partial charge in [0.15, 0.2) is 5.76 Å². The molecule has 6 nitrogen and oxygen atoms in total. The van der Waals surface area contributed by atoms with E-state index in [0.717, 1.165) is 25.9 Å². The number of nitrogens with zero attached hydrogens (tertiary/aromatic N) is 1. The van der Waals surface area contributed by atoms with Crippen molar-refractivity contribution in [2.75, 3.05) is 18.4 Å². The van der Waals surface area contributed by atoms with E-state index in [-0.39, 0.29) is 17.6 Å². The van der Waals surface area contributed by atoms with E-state index in [9.17, 15) is 9.59 Å². The highest BCUT2D eigenvalue weighted by Gasteiger charge is 2.31. The van der Waals surface area contributed by atoms with Crippen molar-refractivity contribution in [3.63, 3.8) is 0 Å². The van der Waals surface area contributed by atoms with E-state index in [2.05, 4.69) is 10.6 Å². The lowest BCUT2D eigenvalue weighted by Crippen LogP contribution is -2.39. The Morgan fingerprint density at radius 3 is 2.84 bits per heavy atom. The van der Waals surface area contributed by atoms with Gasteiger partial charge in [-0.25, -0.2) is 0 Å². The smallest absolute Gasteiger partial charge is 0.291 e. The number of carbonyl (C=O) groups is 2. The molecule has 2 atom stereocenters. The molecule has 2 fully saturated rings. The monoisotopic (exact) mass is 339 g/mol. The van der Waals surface area contributed by atoms with E-state index in [1.807, 2.05) is 4.90 Å². The van der Waals surface area contributed by atoms with Crippen LogP contribution in [0.15, 0.2) is 47.1 Å². The molecule has 2 saturated heterocycles. The third kappa shape index (κ3) is 3.44. The Kier molecular flexibility index (Phi) is 4.28. The standard InChI is InChI=1S/C19H21N3O3/c23-18(17-5-2-10-25-17)21-15-4-1-3-13(11-15)19(24)22-9-8-14-6-7-16(12-22)20-14/h1-5,10-11,14,16,20H,6-9,12H2,(H,21,23). The molecule has 2 aromatic rings. The summed E-state index contributed by atoms with van der Waals surface area (Å²) in [6.45, 7) is 1.52. The molecule has 0 spiro atoms. The van der Waals surface area contributed by atoms with Gasteiger partial charge < -0.3 is 20.0 Å². The van der Waals surface area contributed by atoms with Crippen molar-refractivity contribution >= 4 is 17.5 Å². The molecule has 2 aliphatic heterocycles. The molecular formula is C19H21N3O3. The average Bonchev–Trinajstić information content (AvgIpc) is 3.24. The maximum atomic E-state index is 12.9. The molecule has 1 aromatic carbocycles. The molecule has 0 saturated carbocycles. The first kappa shape index (κ1) is 15.9. The number of rotatable bonds is 3. The van der Waals surface area contributed by atoms with Crippen LogP contribution in [-0.2, 0) is 0 Å². The topological polar surface area (TPSA) is 74.6 Å². The number of likely N-dealkylation sites (tertiary alicyclic amines) is 1. The molecule has 130 valence electrons. The SMILES string of the molecule is O=C(Nc1cccc(C(=O)N2CCC3CCC(C2)N3)c1)c1ccco1. The van der Waals surface area contributed by atoms with Crippen LogP contribution in [0.3, 0.4) is 0 Å². The fourth-order valence-corrected chi connectivity index (χ4v) is 3.64. The minimum Gasteiger partial charge on any atom is -0.459 e. The number of nitrogens with one attached hydrogen (secondary N) is 2. The van der Waals surface area contributed by atoms with Crippen molar-refractivity contribution in [2.45, 2.75) is 31.3 Å². The molecule has 1 aromatic heterocycles. The van der Waals surface area contributed by atoms with Crippen LogP contribution < -0.4 is 10.6 Å². The highest BCUT2D eigenvalue weighted by Crippen LogP contribution is 2.22. The summed E-state index contributed by atoms with van der Waals surface area (Å²) in [6, 6.07) is 11.3. The number of benzene rings is 1. The quantitative estimate of drug-likeness (QED) is 0.901. The Labute approximate surface area is 146 Å². The zero-order valence-electron chi connectivity index (χ0n) is 13.9. The second-order valence-electron chi connectivity index (χ2n) is 6.69. The van der Waals surface area contributed by atoms with Crippen LogP contribution in [0.5, 0.6) is 0 Å². The summed E-state index contributed by atoms with van der Waals surface area (Å²) in [5, 5.41) is 6.35. The summed E-state index contributed by atoms with van der Waals surface area (Å²) < 4.78 is 5.09. The summed E-state index contributed by atoms with van der Waals surface area (Å²) in [5.74, 6) is -0.0688. The van der Waals surface area contributed by atoms with E-state index >= 15 is 0 Å². The van der Waals surface area contributed by atoms with Gasteiger partial charge in [-0.05, 0) is 49.6 Å². The number of anilines is 1. The van der Waals surface area contributed by atoms with Gasteiger partial charge in [-0.1, -0.05) is 6.07 Å². The largest absolute Gasteiger partial charge is 0.459 e. The molecule has 2 aliphatic rings. The Hall–Kier alpha value is -2.60. The van der Waals surface area contributed by atoms with Gasteiger partial charge in [0, 0.05) is 36.4 Å². The van der Waals surface area contributed by atoms with Crippen LogP contribution in [-0.4, -0.2) is 41.9 Å². The number of hydrogen-bond donors (Lipinski definition) is 2. The zero-order chi connectivity index (χ0) is 17.2. The fourth-order valence-electron chi connectivity index (χ4n) is 3.64. The summed E-state index contributed by atoms with van der Waals surface area (Å²) in [7, 11) is 0. The summed E-state index contributed by atoms with van der Waals surface area (Å²) in [5.41, 5.74) is 1.18. The van der Waals surface area contributed by atoms with Gasteiger partial charge in [-0.15, -0.1) is 0 Å². The Morgan fingerprint density at radius 2 is 2.00 bits per heavy atom. The first-order valence-corrected chi connectivity index (χ1v) is 8.69. The van der Waals surface area contributed by atoms with Gasteiger partial charge in [0.05, 0.1) is 6.26 Å². The van der Waals surface area contributed by atoms with E-state index in [4.69, 9.17) is 4.42 Å². The minimum atomic E-state index is -0.328.